The number of benzene rings is 2. The Labute approximate surface area is 133 Å². The predicted molar refractivity (Wildman–Crippen MR) is 92.2 cm³/mol. The normalized spacial score (nSPS) is 10.4. The van der Waals surface area contributed by atoms with Crippen LogP contribution in [0.1, 0.15) is 12.5 Å². The largest absolute Gasteiger partial charge is 0.455 e. The van der Waals surface area contributed by atoms with Crippen molar-refractivity contribution in [3.63, 3.8) is 0 Å². The van der Waals surface area contributed by atoms with Gasteiger partial charge in [-0.05, 0) is 36.3 Å². The van der Waals surface area contributed by atoms with Gasteiger partial charge in [-0.1, -0.05) is 25.1 Å². The van der Waals surface area contributed by atoms with E-state index in [0.717, 1.165) is 21.3 Å². The van der Waals surface area contributed by atoms with Crippen molar-refractivity contribution >= 4 is 29.4 Å². The molecule has 0 unspecified atom stereocenters. The molecule has 2 rings (SSSR count). The molecule has 0 radical (unpaired) electrons. The summed E-state index contributed by atoms with van der Waals surface area (Å²) in [5.41, 5.74) is 6.42. The smallest absolute Gasteiger partial charge is 0.141 e. The molecule has 0 saturated heterocycles. The van der Waals surface area contributed by atoms with E-state index in [-0.39, 0.29) is 5.84 Å². The number of nitrogens with two attached hydrogens (primary N) is 1. The highest BCUT2D eigenvalue weighted by molar-refractivity contribution is 7.99. The Morgan fingerprint density at radius 1 is 1.10 bits per heavy atom. The average Bonchev–Trinajstić information content (AvgIpc) is 2.48. The first-order valence-electron chi connectivity index (χ1n) is 6.58. The van der Waals surface area contributed by atoms with Gasteiger partial charge in [0.2, 0.25) is 0 Å². The minimum absolute atomic E-state index is 0.0307. The molecule has 0 saturated carbocycles. The maximum absolute atomic E-state index is 7.84. The third-order valence-electron chi connectivity index (χ3n) is 2.85. The molecule has 0 bridgehead atoms. The summed E-state index contributed by atoms with van der Waals surface area (Å²) in [6.07, 6.45) is 2.01. The topological polar surface area (TPSA) is 59.1 Å². The predicted octanol–water partition coefficient (Wildman–Crippen LogP) is 4.60. The fourth-order valence-corrected chi connectivity index (χ4v) is 3.33. The van der Waals surface area contributed by atoms with Gasteiger partial charge in [-0.3, -0.25) is 5.41 Å². The number of nitrogens with one attached hydrogen (secondary N) is 1. The highest BCUT2D eigenvalue weighted by Crippen LogP contribution is 2.36. The molecule has 3 nitrogen and oxygen atoms in total. The van der Waals surface area contributed by atoms with Crippen molar-refractivity contribution in [2.24, 2.45) is 5.73 Å². The lowest BCUT2D eigenvalue weighted by molar-refractivity contribution is 0.468. The maximum atomic E-state index is 7.84. The Hall–Kier alpha value is -1.59. The molecule has 2 aromatic rings. The monoisotopic (exact) mass is 318 g/mol. The first-order chi connectivity index (χ1) is 10.2. The minimum atomic E-state index is 0.0307. The fourth-order valence-electron chi connectivity index (χ4n) is 1.96. The number of hydrogen-bond acceptors (Lipinski definition) is 4. The lowest BCUT2D eigenvalue weighted by Gasteiger charge is -2.15. The first kappa shape index (κ1) is 15.8. The molecule has 5 heteroatoms. The van der Waals surface area contributed by atoms with Gasteiger partial charge in [-0.25, -0.2) is 0 Å². The van der Waals surface area contributed by atoms with E-state index in [4.69, 9.17) is 15.9 Å². The van der Waals surface area contributed by atoms with E-state index >= 15 is 0 Å². The third-order valence-corrected chi connectivity index (χ3v) is 4.56. The van der Waals surface area contributed by atoms with Crippen LogP contribution in [0.2, 0.25) is 0 Å². The number of amidine groups is 1. The number of ether oxygens (including phenoxy) is 1. The molecular weight excluding hydrogens is 300 g/mol. The van der Waals surface area contributed by atoms with Gasteiger partial charge in [0, 0.05) is 9.79 Å². The standard InChI is InChI=1S/C16H18N2OS2/c1-3-21-14-10-6-8-12(15(14)16(17)18)19-11-7-4-5-9-13(11)20-2/h4-10H,3H2,1-2H3,(H3,17,18). The van der Waals surface area contributed by atoms with Crippen LogP contribution in [0.4, 0.5) is 0 Å². The molecule has 0 aromatic heterocycles. The second kappa shape index (κ2) is 7.43. The van der Waals surface area contributed by atoms with Crippen molar-refractivity contribution in [2.45, 2.75) is 16.7 Å². The zero-order valence-corrected chi connectivity index (χ0v) is 13.7. The van der Waals surface area contributed by atoms with Gasteiger partial charge < -0.3 is 10.5 Å². The number of thioether (sulfide) groups is 2. The molecule has 0 heterocycles. The Balaban J connectivity index is 2.44. The van der Waals surface area contributed by atoms with E-state index in [0.29, 0.717) is 11.3 Å². The zero-order chi connectivity index (χ0) is 15.2. The van der Waals surface area contributed by atoms with Gasteiger partial charge in [0.05, 0.1) is 5.56 Å². The summed E-state index contributed by atoms with van der Waals surface area (Å²) >= 11 is 3.29. The van der Waals surface area contributed by atoms with E-state index in [2.05, 4.69) is 6.92 Å². The molecule has 0 aliphatic carbocycles. The van der Waals surface area contributed by atoms with Crippen LogP contribution in [0, 0.1) is 5.41 Å². The lowest BCUT2D eigenvalue weighted by atomic mass is 10.2. The summed E-state index contributed by atoms with van der Waals surface area (Å²) in [6.45, 7) is 2.07. The lowest BCUT2D eigenvalue weighted by Crippen LogP contribution is -2.13. The van der Waals surface area contributed by atoms with Crippen LogP contribution in [0.15, 0.2) is 52.3 Å². The Morgan fingerprint density at radius 2 is 1.76 bits per heavy atom. The van der Waals surface area contributed by atoms with Gasteiger partial charge >= 0.3 is 0 Å². The number of rotatable bonds is 6. The van der Waals surface area contributed by atoms with Gasteiger partial charge in [-0.2, -0.15) is 0 Å². The Bertz CT molecular complexity index is 644. The zero-order valence-electron chi connectivity index (χ0n) is 12.1. The molecule has 110 valence electrons. The molecule has 0 amide bonds. The van der Waals surface area contributed by atoms with Crippen molar-refractivity contribution in [2.75, 3.05) is 12.0 Å². The molecule has 0 atom stereocenters. The Kier molecular flexibility index (Phi) is 5.59. The maximum Gasteiger partial charge on any atom is 0.141 e. The highest BCUT2D eigenvalue weighted by atomic mass is 32.2. The van der Waals surface area contributed by atoms with Gasteiger partial charge in [0.25, 0.3) is 0 Å². The van der Waals surface area contributed by atoms with Crippen molar-refractivity contribution in [1.82, 2.24) is 0 Å². The second-order valence-electron chi connectivity index (χ2n) is 4.23. The third kappa shape index (κ3) is 3.74. The average molecular weight is 318 g/mol. The minimum Gasteiger partial charge on any atom is -0.455 e. The van der Waals surface area contributed by atoms with Crippen molar-refractivity contribution in [3.8, 4) is 11.5 Å². The van der Waals surface area contributed by atoms with E-state index < -0.39 is 0 Å². The molecular formula is C16H18N2OS2. The van der Waals surface area contributed by atoms with E-state index in [9.17, 15) is 0 Å². The summed E-state index contributed by atoms with van der Waals surface area (Å²) in [5.74, 6) is 2.36. The van der Waals surface area contributed by atoms with Crippen LogP contribution in [-0.2, 0) is 0 Å². The molecule has 0 aliphatic heterocycles. The fraction of sp³-hybridized carbons (Fsp3) is 0.188. The van der Waals surface area contributed by atoms with E-state index in [1.807, 2.05) is 48.7 Å². The number of para-hydroxylation sites is 1. The van der Waals surface area contributed by atoms with Crippen LogP contribution in [-0.4, -0.2) is 17.8 Å². The van der Waals surface area contributed by atoms with Gasteiger partial charge in [0.15, 0.2) is 0 Å². The quantitative estimate of drug-likeness (QED) is 0.464. The van der Waals surface area contributed by atoms with Crippen molar-refractivity contribution in [3.05, 3.63) is 48.0 Å². The molecule has 0 fully saturated rings. The van der Waals surface area contributed by atoms with Crippen LogP contribution >= 0.6 is 23.5 Å². The number of nitrogen functional groups attached to an aromatic ring is 1. The molecule has 3 N–H and O–H groups in total. The summed E-state index contributed by atoms with van der Waals surface area (Å²) in [7, 11) is 0. The summed E-state index contributed by atoms with van der Waals surface area (Å²) < 4.78 is 6.02. The first-order valence-corrected chi connectivity index (χ1v) is 8.79. The van der Waals surface area contributed by atoms with Gasteiger partial charge in [-0.15, -0.1) is 23.5 Å². The van der Waals surface area contributed by atoms with Crippen LogP contribution < -0.4 is 10.5 Å². The van der Waals surface area contributed by atoms with Crippen LogP contribution in [0.25, 0.3) is 0 Å². The molecule has 0 spiro atoms. The van der Waals surface area contributed by atoms with Crippen molar-refractivity contribution in [1.29, 1.82) is 5.41 Å². The van der Waals surface area contributed by atoms with Crippen molar-refractivity contribution < 1.29 is 4.74 Å². The Morgan fingerprint density at radius 3 is 2.43 bits per heavy atom. The van der Waals surface area contributed by atoms with Crippen LogP contribution in [0.3, 0.4) is 0 Å². The summed E-state index contributed by atoms with van der Waals surface area (Å²) in [5, 5.41) is 7.84. The molecule has 21 heavy (non-hydrogen) atoms. The highest BCUT2D eigenvalue weighted by Gasteiger charge is 2.14. The number of hydrogen-bond donors (Lipinski definition) is 2. The molecule has 0 aliphatic rings. The molecule has 2 aromatic carbocycles. The van der Waals surface area contributed by atoms with Crippen LogP contribution in [0.5, 0.6) is 11.5 Å². The summed E-state index contributed by atoms with van der Waals surface area (Å²) in [4.78, 5) is 2.03. The van der Waals surface area contributed by atoms with Gasteiger partial charge in [0.1, 0.15) is 17.3 Å². The second-order valence-corrected chi connectivity index (χ2v) is 6.38. The van der Waals surface area contributed by atoms with E-state index in [1.165, 1.54) is 0 Å². The SMILES string of the molecule is CCSc1cccc(Oc2ccccc2SC)c1C(=N)N. The summed E-state index contributed by atoms with van der Waals surface area (Å²) in [6, 6.07) is 13.6. The van der Waals surface area contributed by atoms with E-state index in [1.54, 1.807) is 23.5 Å².